The van der Waals surface area contributed by atoms with Gasteiger partial charge in [-0.25, -0.2) is 0 Å². The molecule has 0 aliphatic heterocycles. The van der Waals surface area contributed by atoms with Gasteiger partial charge >= 0.3 is 6.18 Å². The van der Waals surface area contributed by atoms with Crippen molar-refractivity contribution in [2.75, 3.05) is 7.11 Å². The van der Waals surface area contributed by atoms with Gasteiger partial charge in [-0.2, -0.15) is 13.2 Å². The van der Waals surface area contributed by atoms with Crippen LogP contribution in [0.1, 0.15) is 5.56 Å². The largest absolute Gasteiger partial charge is 0.495 e. The van der Waals surface area contributed by atoms with Crippen molar-refractivity contribution in [2.45, 2.75) is 6.18 Å². The Morgan fingerprint density at radius 3 is 2.36 bits per heavy atom. The fourth-order valence-corrected chi connectivity index (χ4v) is 1.51. The molecular formula is C8H5BrClF3O. The molecule has 0 amide bonds. The molecule has 0 aromatic heterocycles. The zero-order valence-corrected chi connectivity index (χ0v) is 9.29. The van der Waals surface area contributed by atoms with Crippen molar-refractivity contribution in [1.29, 1.82) is 0 Å². The molecule has 1 rings (SSSR count). The molecule has 0 aliphatic rings. The minimum absolute atomic E-state index is 0.0812. The van der Waals surface area contributed by atoms with Crippen LogP contribution in [-0.2, 0) is 6.18 Å². The Balaban J connectivity index is 3.39. The van der Waals surface area contributed by atoms with Crippen LogP contribution in [0.15, 0.2) is 16.6 Å². The highest BCUT2D eigenvalue weighted by Crippen LogP contribution is 2.42. The molecule has 0 saturated heterocycles. The van der Waals surface area contributed by atoms with Crippen molar-refractivity contribution < 1.29 is 17.9 Å². The summed E-state index contributed by atoms with van der Waals surface area (Å²) < 4.78 is 42.1. The van der Waals surface area contributed by atoms with Crippen LogP contribution < -0.4 is 4.74 Å². The molecule has 0 saturated carbocycles. The van der Waals surface area contributed by atoms with Gasteiger partial charge < -0.3 is 4.74 Å². The summed E-state index contributed by atoms with van der Waals surface area (Å²) >= 11 is 8.64. The van der Waals surface area contributed by atoms with E-state index in [0.717, 1.165) is 13.2 Å². The van der Waals surface area contributed by atoms with Crippen LogP contribution in [0.25, 0.3) is 0 Å². The maximum atomic E-state index is 12.4. The lowest BCUT2D eigenvalue weighted by Crippen LogP contribution is -2.07. The van der Waals surface area contributed by atoms with E-state index in [-0.39, 0.29) is 10.8 Å². The van der Waals surface area contributed by atoms with Crippen molar-refractivity contribution in [2.24, 2.45) is 0 Å². The third-order valence-corrected chi connectivity index (χ3v) is 2.82. The Bertz CT molecular complexity index is 351. The minimum atomic E-state index is -4.46. The highest BCUT2D eigenvalue weighted by Gasteiger charge is 2.35. The molecule has 0 unspecified atom stereocenters. The normalized spacial score (nSPS) is 11.6. The highest BCUT2D eigenvalue weighted by atomic mass is 79.9. The third-order valence-electron chi connectivity index (χ3n) is 1.56. The number of halogens is 5. The van der Waals surface area contributed by atoms with Crippen LogP contribution in [0.2, 0.25) is 5.02 Å². The molecule has 0 bridgehead atoms. The molecular weight excluding hydrogens is 284 g/mol. The van der Waals surface area contributed by atoms with Gasteiger partial charge in [0.25, 0.3) is 0 Å². The van der Waals surface area contributed by atoms with Gasteiger partial charge in [0.15, 0.2) is 5.75 Å². The predicted octanol–water partition coefficient (Wildman–Crippen LogP) is 4.13. The van der Waals surface area contributed by atoms with Gasteiger partial charge in [-0.05, 0) is 28.1 Å². The average Bonchev–Trinajstić information content (AvgIpc) is 2.07. The Labute approximate surface area is 91.9 Å². The molecule has 0 atom stereocenters. The zero-order chi connectivity index (χ0) is 10.9. The first-order valence-corrected chi connectivity index (χ1v) is 4.64. The van der Waals surface area contributed by atoms with Gasteiger partial charge in [-0.1, -0.05) is 11.6 Å². The second-order valence-electron chi connectivity index (χ2n) is 2.44. The van der Waals surface area contributed by atoms with Crippen molar-refractivity contribution >= 4 is 27.5 Å². The fourth-order valence-electron chi connectivity index (χ4n) is 0.955. The SMILES string of the molecule is COc1c(C(F)(F)F)ccc(Br)c1Cl. The summed E-state index contributed by atoms with van der Waals surface area (Å²) in [5.41, 5.74) is -0.881. The zero-order valence-electron chi connectivity index (χ0n) is 6.95. The molecule has 1 nitrogen and oxygen atoms in total. The van der Waals surface area contributed by atoms with Crippen LogP contribution >= 0.6 is 27.5 Å². The van der Waals surface area contributed by atoms with Crippen molar-refractivity contribution in [3.05, 3.63) is 27.2 Å². The molecule has 0 N–H and O–H groups in total. The Kier molecular flexibility index (Phi) is 3.32. The number of methoxy groups -OCH3 is 1. The van der Waals surface area contributed by atoms with Gasteiger partial charge in [-0.3, -0.25) is 0 Å². The standard InChI is InChI=1S/C8H5BrClF3O/c1-14-7-4(8(11,12)13)2-3-5(9)6(7)10/h2-3H,1H3. The lowest BCUT2D eigenvalue weighted by Gasteiger charge is -2.13. The first kappa shape index (κ1) is 11.7. The lowest BCUT2D eigenvalue weighted by atomic mass is 10.2. The maximum absolute atomic E-state index is 12.4. The minimum Gasteiger partial charge on any atom is -0.495 e. The van der Waals surface area contributed by atoms with E-state index >= 15 is 0 Å². The molecule has 0 heterocycles. The summed E-state index contributed by atoms with van der Waals surface area (Å²) in [6, 6.07) is 2.14. The van der Waals surface area contributed by atoms with E-state index in [4.69, 9.17) is 11.6 Å². The van der Waals surface area contributed by atoms with E-state index < -0.39 is 11.7 Å². The molecule has 6 heteroatoms. The Morgan fingerprint density at radius 2 is 1.93 bits per heavy atom. The van der Waals surface area contributed by atoms with E-state index in [0.29, 0.717) is 4.47 Å². The first-order chi connectivity index (χ1) is 6.38. The van der Waals surface area contributed by atoms with Gasteiger partial charge in [0, 0.05) is 4.47 Å². The molecule has 0 fully saturated rings. The molecule has 1 aromatic rings. The average molecular weight is 289 g/mol. The Hall–Kier alpha value is -0.420. The van der Waals surface area contributed by atoms with E-state index in [2.05, 4.69) is 20.7 Å². The number of hydrogen-bond donors (Lipinski definition) is 0. The van der Waals surface area contributed by atoms with E-state index in [1.165, 1.54) is 6.07 Å². The van der Waals surface area contributed by atoms with Gasteiger partial charge in [-0.15, -0.1) is 0 Å². The van der Waals surface area contributed by atoms with Gasteiger partial charge in [0.05, 0.1) is 17.7 Å². The molecule has 0 aliphatic carbocycles. The molecule has 78 valence electrons. The quantitative estimate of drug-likeness (QED) is 0.755. The van der Waals surface area contributed by atoms with Crippen molar-refractivity contribution in [3.63, 3.8) is 0 Å². The number of hydrogen-bond acceptors (Lipinski definition) is 1. The molecule has 14 heavy (non-hydrogen) atoms. The van der Waals surface area contributed by atoms with Gasteiger partial charge in [0.1, 0.15) is 0 Å². The summed E-state index contributed by atoms with van der Waals surface area (Å²) in [7, 11) is 1.14. The summed E-state index contributed by atoms with van der Waals surface area (Å²) in [6.07, 6.45) is -4.46. The smallest absolute Gasteiger partial charge is 0.420 e. The summed E-state index contributed by atoms with van der Waals surface area (Å²) in [4.78, 5) is 0. The van der Waals surface area contributed by atoms with E-state index in [9.17, 15) is 13.2 Å². The predicted molar refractivity (Wildman–Crippen MR) is 50.7 cm³/mol. The number of ether oxygens (including phenoxy) is 1. The van der Waals surface area contributed by atoms with Crippen LogP contribution in [0.4, 0.5) is 13.2 Å². The van der Waals surface area contributed by atoms with Crippen molar-refractivity contribution in [3.8, 4) is 5.75 Å². The summed E-state index contributed by atoms with van der Waals surface area (Å²) in [6.45, 7) is 0. The Morgan fingerprint density at radius 1 is 1.36 bits per heavy atom. The third kappa shape index (κ3) is 2.15. The maximum Gasteiger partial charge on any atom is 0.420 e. The van der Waals surface area contributed by atoms with Crippen LogP contribution in [0, 0.1) is 0 Å². The number of rotatable bonds is 1. The van der Waals surface area contributed by atoms with Crippen molar-refractivity contribution in [1.82, 2.24) is 0 Å². The van der Waals surface area contributed by atoms with Crippen LogP contribution in [-0.4, -0.2) is 7.11 Å². The van der Waals surface area contributed by atoms with E-state index in [1.807, 2.05) is 0 Å². The second kappa shape index (κ2) is 3.98. The topological polar surface area (TPSA) is 9.23 Å². The first-order valence-electron chi connectivity index (χ1n) is 3.47. The molecule has 0 spiro atoms. The van der Waals surface area contributed by atoms with Crippen LogP contribution in [0.5, 0.6) is 5.75 Å². The fraction of sp³-hybridized carbons (Fsp3) is 0.250. The van der Waals surface area contributed by atoms with Crippen LogP contribution in [0.3, 0.4) is 0 Å². The second-order valence-corrected chi connectivity index (χ2v) is 3.67. The number of benzene rings is 1. The summed E-state index contributed by atoms with van der Waals surface area (Å²) in [5, 5.41) is -0.0812. The summed E-state index contributed by atoms with van der Waals surface area (Å²) in [5.74, 6) is -0.367. The lowest BCUT2D eigenvalue weighted by molar-refractivity contribution is -0.138. The highest BCUT2D eigenvalue weighted by molar-refractivity contribution is 9.10. The molecule has 0 radical (unpaired) electrons. The number of alkyl halides is 3. The monoisotopic (exact) mass is 288 g/mol. The molecule has 1 aromatic carbocycles. The van der Waals surface area contributed by atoms with E-state index in [1.54, 1.807) is 0 Å². The van der Waals surface area contributed by atoms with Gasteiger partial charge in [0.2, 0.25) is 0 Å².